The summed E-state index contributed by atoms with van der Waals surface area (Å²) in [5, 5.41) is 2.79. The van der Waals surface area contributed by atoms with Crippen molar-refractivity contribution in [3.63, 3.8) is 0 Å². The quantitative estimate of drug-likeness (QED) is 0.592. The SMILES string of the molecule is Cc1ccnc(OCC(=O)Nc2ccc(-c3cn4ccccc4n3)cc2)n1. The zero-order chi connectivity index (χ0) is 18.6. The van der Waals surface area contributed by atoms with E-state index in [9.17, 15) is 4.79 Å². The van der Waals surface area contributed by atoms with Gasteiger partial charge in [-0.1, -0.05) is 18.2 Å². The number of amides is 1. The number of hydrogen-bond donors (Lipinski definition) is 1. The summed E-state index contributed by atoms with van der Waals surface area (Å²) in [4.78, 5) is 24.7. The van der Waals surface area contributed by atoms with Gasteiger partial charge in [-0.15, -0.1) is 0 Å². The molecule has 0 bridgehead atoms. The third-order valence-corrected chi connectivity index (χ3v) is 3.93. The molecule has 7 nitrogen and oxygen atoms in total. The van der Waals surface area contributed by atoms with Crippen molar-refractivity contribution in [3.05, 3.63) is 72.8 Å². The van der Waals surface area contributed by atoms with Gasteiger partial charge in [0.05, 0.1) is 5.69 Å². The molecule has 4 aromatic rings. The second-order valence-electron chi connectivity index (χ2n) is 5.99. The Morgan fingerprint density at radius 3 is 2.74 bits per heavy atom. The summed E-state index contributed by atoms with van der Waals surface area (Å²) < 4.78 is 7.27. The fraction of sp³-hybridized carbons (Fsp3) is 0.100. The number of pyridine rings is 1. The average molecular weight is 359 g/mol. The molecule has 0 atom stereocenters. The predicted octanol–water partition coefficient (Wildman–Crippen LogP) is 3.12. The topological polar surface area (TPSA) is 81.4 Å². The van der Waals surface area contributed by atoms with Crippen LogP contribution in [0.2, 0.25) is 0 Å². The molecule has 0 aliphatic carbocycles. The minimum atomic E-state index is -0.277. The summed E-state index contributed by atoms with van der Waals surface area (Å²) in [6, 6.07) is 15.3. The molecule has 0 aliphatic heterocycles. The molecule has 0 radical (unpaired) electrons. The lowest BCUT2D eigenvalue weighted by atomic mass is 10.1. The van der Waals surface area contributed by atoms with Crippen LogP contribution < -0.4 is 10.1 Å². The van der Waals surface area contributed by atoms with Crippen LogP contribution in [0.4, 0.5) is 5.69 Å². The molecular formula is C20H17N5O2. The van der Waals surface area contributed by atoms with Gasteiger partial charge < -0.3 is 14.5 Å². The van der Waals surface area contributed by atoms with Gasteiger partial charge in [0.1, 0.15) is 5.65 Å². The first-order chi connectivity index (χ1) is 13.2. The summed E-state index contributed by atoms with van der Waals surface area (Å²) in [5.41, 5.74) is 4.20. The van der Waals surface area contributed by atoms with E-state index < -0.39 is 0 Å². The van der Waals surface area contributed by atoms with E-state index in [4.69, 9.17) is 4.74 Å². The molecule has 7 heteroatoms. The molecule has 0 saturated heterocycles. The highest BCUT2D eigenvalue weighted by Crippen LogP contribution is 2.21. The Hall–Kier alpha value is -3.74. The van der Waals surface area contributed by atoms with Crippen molar-refractivity contribution in [2.45, 2.75) is 6.92 Å². The van der Waals surface area contributed by atoms with Crippen LogP contribution in [0, 0.1) is 6.92 Å². The molecule has 27 heavy (non-hydrogen) atoms. The van der Waals surface area contributed by atoms with E-state index in [-0.39, 0.29) is 18.5 Å². The number of carbonyl (C=O) groups excluding carboxylic acids is 1. The Bertz CT molecular complexity index is 1060. The molecule has 134 valence electrons. The fourth-order valence-electron chi connectivity index (χ4n) is 2.62. The minimum Gasteiger partial charge on any atom is -0.453 e. The molecule has 3 heterocycles. The first-order valence-electron chi connectivity index (χ1n) is 8.44. The monoisotopic (exact) mass is 359 g/mol. The van der Waals surface area contributed by atoms with Gasteiger partial charge in [-0.3, -0.25) is 4.79 Å². The first-order valence-corrected chi connectivity index (χ1v) is 8.44. The molecule has 0 spiro atoms. The zero-order valence-corrected chi connectivity index (χ0v) is 14.7. The number of nitrogens with zero attached hydrogens (tertiary/aromatic N) is 4. The predicted molar refractivity (Wildman–Crippen MR) is 102 cm³/mol. The highest BCUT2D eigenvalue weighted by molar-refractivity contribution is 5.92. The van der Waals surface area contributed by atoms with E-state index in [1.165, 1.54) is 0 Å². The number of nitrogens with one attached hydrogen (secondary N) is 1. The van der Waals surface area contributed by atoms with Crippen molar-refractivity contribution < 1.29 is 9.53 Å². The van der Waals surface area contributed by atoms with Crippen molar-refractivity contribution in [3.8, 4) is 17.3 Å². The maximum absolute atomic E-state index is 12.0. The van der Waals surface area contributed by atoms with Crippen LogP contribution in [0.15, 0.2) is 67.1 Å². The molecule has 4 rings (SSSR count). The van der Waals surface area contributed by atoms with Gasteiger partial charge in [0.25, 0.3) is 5.91 Å². The number of aryl methyl sites for hydroxylation is 1. The third-order valence-electron chi connectivity index (χ3n) is 3.93. The number of ether oxygens (including phenoxy) is 1. The van der Waals surface area contributed by atoms with Crippen LogP contribution in [0.5, 0.6) is 6.01 Å². The molecule has 3 aromatic heterocycles. The standard InChI is InChI=1S/C20H17N5O2/c1-14-9-10-21-20(22-14)27-13-19(26)23-16-7-5-15(6-8-16)17-12-25-11-3-2-4-18(25)24-17/h2-12H,13H2,1H3,(H,23,26). The maximum atomic E-state index is 12.0. The highest BCUT2D eigenvalue weighted by Gasteiger charge is 2.07. The largest absolute Gasteiger partial charge is 0.453 e. The van der Waals surface area contributed by atoms with E-state index >= 15 is 0 Å². The van der Waals surface area contributed by atoms with Crippen molar-refractivity contribution in [1.29, 1.82) is 0 Å². The number of hydrogen-bond acceptors (Lipinski definition) is 5. The van der Waals surface area contributed by atoms with Crippen LogP contribution in [0.25, 0.3) is 16.9 Å². The number of rotatable bonds is 5. The lowest BCUT2D eigenvalue weighted by molar-refractivity contribution is -0.118. The number of fused-ring (bicyclic) bond motifs is 1. The smallest absolute Gasteiger partial charge is 0.317 e. The van der Waals surface area contributed by atoms with Crippen molar-refractivity contribution in [2.75, 3.05) is 11.9 Å². The molecule has 0 aliphatic rings. The maximum Gasteiger partial charge on any atom is 0.317 e. The molecule has 0 saturated carbocycles. The molecule has 1 amide bonds. The number of aromatic nitrogens is 4. The number of benzene rings is 1. The Labute approximate surface area is 155 Å². The van der Waals surface area contributed by atoms with Crippen LogP contribution in [-0.2, 0) is 4.79 Å². The summed E-state index contributed by atoms with van der Waals surface area (Å²) >= 11 is 0. The van der Waals surface area contributed by atoms with Crippen molar-refractivity contribution in [1.82, 2.24) is 19.4 Å². The number of imidazole rings is 1. The van der Waals surface area contributed by atoms with Crippen molar-refractivity contribution in [2.24, 2.45) is 0 Å². The summed E-state index contributed by atoms with van der Waals surface area (Å²) in [5.74, 6) is -0.277. The van der Waals surface area contributed by atoms with Crippen LogP contribution >= 0.6 is 0 Å². The Morgan fingerprint density at radius 2 is 1.96 bits per heavy atom. The highest BCUT2D eigenvalue weighted by atomic mass is 16.5. The van der Waals surface area contributed by atoms with Gasteiger partial charge in [0.15, 0.2) is 6.61 Å². The summed E-state index contributed by atoms with van der Waals surface area (Å²) in [7, 11) is 0. The Kier molecular flexibility index (Phi) is 4.49. The summed E-state index contributed by atoms with van der Waals surface area (Å²) in [6.07, 6.45) is 5.52. The van der Waals surface area contributed by atoms with Crippen LogP contribution in [-0.4, -0.2) is 31.9 Å². The minimum absolute atomic E-state index is 0.155. The second-order valence-corrected chi connectivity index (χ2v) is 5.99. The summed E-state index contributed by atoms with van der Waals surface area (Å²) in [6.45, 7) is 1.68. The van der Waals surface area contributed by atoms with Gasteiger partial charge in [-0.2, -0.15) is 0 Å². The van der Waals surface area contributed by atoms with Gasteiger partial charge in [-0.05, 0) is 37.3 Å². The van der Waals surface area contributed by atoms with E-state index in [0.717, 1.165) is 22.6 Å². The van der Waals surface area contributed by atoms with Gasteiger partial charge in [0.2, 0.25) is 0 Å². The molecule has 1 aromatic carbocycles. The van der Waals surface area contributed by atoms with Gasteiger partial charge in [0, 0.05) is 35.5 Å². The number of anilines is 1. The fourth-order valence-corrected chi connectivity index (χ4v) is 2.62. The van der Waals surface area contributed by atoms with E-state index in [1.54, 1.807) is 12.3 Å². The molecule has 1 N–H and O–H groups in total. The third kappa shape index (κ3) is 3.92. The number of carbonyl (C=O) groups is 1. The van der Waals surface area contributed by atoms with E-state index in [0.29, 0.717) is 5.69 Å². The van der Waals surface area contributed by atoms with Gasteiger partial charge >= 0.3 is 6.01 Å². The lowest BCUT2D eigenvalue weighted by Crippen LogP contribution is -2.20. The molecular weight excluding hydrogens is 342 g/mol. The van der Waals surface area contributed by atoms with Crippen LogP contribution in [0.1, 0.15) is 5.69 Å². The lowest BCUT2D eigenvalue weighted by Gasteiger charge is -2.07. The normalized spacial score (nSPS) is 10.7. The average Bonchev–Trinajstić information content (AvgIpc) is 3.11. The Balaban J connectivity index is 1.39. The molecule has 0 unspecified atom stereocenters. The van der Waals surface area contributed by atoms with Gasteiger partial charge in [-0.25, -0.2) is 15.0 Å². The first kappa shape index (κ1) is 16.7. The van der Waals surface area contributed by atoms with Crippen molar-refractivity contribution >= 4 is 17.2 Å². The van der Waals surface area contributed by atoms with Crippen LogP contribution in [0.3, 0.4) is 0 Å². The second kappa shape index (κ2) is 7.25. The van der Waals surface area contributed by atoms with E-state index in [1.807, 2.05) is 66.2 Å². The Morgan fingerprint density at radius 1 is 1.11 bits per heavy atom. The molecule has 0 fully saturated rings. The van der Waals surface area contributed by atoms with E-state index in [2.05, 4.69) is 20.3 Å². The zero-order valence-electron chi connectivity index (χ0n) is 14.7.